The SMILES string of the molecule is O=C1CCC(=O)O1.O=S(=O)([O-])[O-].[Cu+2]. The van der Waals surface area contributed by atoms with Crippen molar-refractivity contribution in [2.45, 2.75) is 12.8 Å². The molecule has 0 bridgehead atoms. The van der Waals surface area contributed by atoms with Crippen molar-refractivity contribution in [3.05, 3.63) is 0 Å². The van der Waals surface area contributed by atoms with E-state index in [4.69, 9.17) is 17.5 Å². The van der Waals surface area contributed by atoms with E-state index in [1.165, 1.54) is 0 Å². The summed E-state index contributed by atoms with van der Waals surface area (Å²) in [5, 5.41) is 0. The summed E-state index contributed by atoms with van der Waals surface area (Å²) >= 11 is 0. The Balaban J connectivity index is 0. The third-order valence-corrected chi connectivity index (χ3v) is 0.761. The van der Waals surface area contributed by atoms with E-state index in [1.54, 1.807) is 0 Å². The third kappa shape index (κ3) is 14.4. The quantitative estimate of drug-likeness (QED) is 0.171. The Kier molecular flexibility index (Phi) is 7.00. The van der Waals surface area contributed by atoms with Gasteiger partial charge in [0.15, 0.2) is 0 Å². The number of cyclic esters (lactones) is 2. The van der Waals surface area contributed by atoms with E-state index in [0.717, 1.165) is 0 Å². The normalized spacial score (nSPS) is 15.2. The van der Waals surface area contributed by atoms with Crippen molar-refractivity contribution < 1.29 is 48.9 Å². The van der Waals surface area contributed by atoms with Crippen molar-refractivity contribution in [2.75, 3.05) is 0 Å². The summed E-state index contributed by atoms with van der Waals surface area (Å²) < 4.78 is 38.2. The molecule has 0 aromatic rings. The molecule has 0 unspecified atom stereocenters. The van der Waals surface area contributed by atoms with Crippen LogP contribution in [0.4, 0.5) is 0 Å². The van der Waals surface area contributed by atoms with Crippen LogP contribution in [0.15, 0.2) is 0 Å². The monoisotopic (exact) mass is 259 g/mol. The van der Waals surface area contributed by atoms with Crippen LogP contribution in [-0.4, -0.2) is 29.5 Å². The van der Waals surface area contributed by atoms with Gasteiger partial charge in [-0.15, -0.1) is 0 Å². The molecule has 1 heterocycles. The molecule has 1 radical (unpaired) electrons. The van der Waals surface area contributed by atoms with Crippen LogP contribution in [0.1, 0.15) is 12.8 Å². The zero-order valence-corrected chi connectivity index (χ0v) is 7.74. The average Bonchev–Trinajstić information content (AvgIpc) is 2.09. The Morgan fingerprint density at radius 1 is 1.08 bits per heavy atom. The molecule has 9 heteroatoms. The Morgan fingerprint density at radius 3 is 1.38 bits per heavy atom. The minimum Gasteiger partial charge on any atom is -0.759 e. The van der Waals surface area contributed by atoms with Crippen LogP contribution in [0, 0.1) is 0 Å². The van der Waals surface area contributed by atoms with Crippen molar-refractivity contribution in [2.24, 2.45) is 0 Å². The molecule has 1 saturated heterocycles. The van der Waals surface area contributed by atoms with Crippen LogP contribution in [0.25, 0.3) is 0 Å². The predicted molar refractivity (Wildman–Crippen MR) is 30.8 cm³/mol. The second-order valence-corrected chi connectivity index (χ2v) is 2.57. The number of hydrogen-bond donors (Lipinski definition) is 0. The van der Waals surface area contributed by atoms with Crippen LogP contribution in [0.2, 0.25) is 0 Å². The number of esters is 2. The minimum absolute atomic E-state index is 0. The Morgan fingerprint density at radius 2 is 1.31 bits per heavy atom. The van der Waals surface area contributed by atoms with Crippen molar-refractivity contribution in [3.8, 4) is 0 Å². The van der Waals surface area contributed by atoms with Crippen LogP contribution >= 0.6 is 0 Å². The maximum Gasteiger partial charge on any atom is 2.00 e. The van der Waals surface area contributed by atoms with Crippen molar-refractivity contribution in [1.29, 1.82) is 0 Å². The first-order valence-corrected chi connectivity index (χ1v) is 4.02. The number of carbonyl (C=O) groups is 2. The maximum atomic E-state index is 10.0. The maximum absolute atomic E-state index is 10.0. The van der Waals surface area contributed by atoms with Gasteiger partial charge in [-0.2, -0.15) is 0 Å². The van der Waals surface area contributed by atoms with Gasteiger partial charge in [-0.05, 0) is 0 Å². The van der Waals surface area contributed by atoms with Crippen LogP contribution in [0.5, 0.6) is 0 Å². The van der Waals surface area contributed by atoms with Crippen molar-refractivity contribution in [1.82, 2.24) is 0 Å². The van der Waals surface area contributed by atoms with Gasteiger partial charge in [0.25, 0.3) is 0 Å². The average molecular weight is 260 g/mol. The van der Waals surface area contributed by atoms with E-state index >= 15 is 0 Å². The van der Waals surface area contributed by atoms with E-state index in [9.17, 15) is 9.59 Å². The molecule has 0 atom stereocenters. The number of carbonyl (C=O) groups excluding carboxylic acids is 2. The molecule has 1 rings (SSSR count). The first-order valence-electron chi connectivity index (χ1n) is 2.69. The zero-order valence-electron chi connectivity index (χ0n) is 5.98. The zero-order chi connectivity index (χ0) is 9.78. The molecule has 0 aromatic carbocycles. The molecule has 1 fully saturated rings. The van der Waals surface area contributed by atoms with Gasteiger partial charge in [0.1, 0.15) is 0 Å². The summed E-state index contributed by atoms with van der Waals surface area (Å²) in [6, 6.07) is 0. The molecule has 0 spiro atoms. The molecule has 13 heavy (non-hydrogen) atoms. The van der Waals surface area contributed by atoms with Gasteiger partial charge < -0.3 is 13.8 Å². The molecule has 0 saturated carbocycles. The minimum atomic E-state index is -5.17. The fourth-order valence-corrected chi connectivity index (χ4v) is 0.433. The molecular weight excluding hydrogens is 256 g/mol. The fraction of sp³-hybridized carbons (Fsp3) is 0.500. The number of hydrogen-bond acceptors (Lipinski definition) is 7. The van der Waals surface area contributed by atoms with Gasteiger partial charge in [-0.3, -0.25) is 18.0 Å². The van der Waals surface area contributed by atoms with Crippen molar-refractivity contribution >= 4 is 22.3 Å². The Hall–Kier alpha value is -0.471. The van der Waals surface area contributed by atoms with Gasteiger partial charge in [0.2, 0.25) is 0 Å². The number of ether oxygens (including phenoxy) is 1. The molecule has 0 amide bonds. The van der Waals surface area contributed by atoms with E-state index in [-0.39, 0.29) is 29.9 Å². The second kappa shape index (κ2) is 6.06. The molecule has 1 aliphatic heterocycles. The molecule has 7 nitrogen and oxygen atoms in total. The fourth-order valence-electron chi connectivity index (χ4n) is 0.433. The van der Waals surface area contributed by atoms with Crippen LogP contribution < -0.4 is 0 Å². The van der Waals surface area contributed by atoms with E-state index in [1.807, 2.05) is 0 Å². The topological polar surface area (TPSA) is 124 Å². The van der Waals surface area contributed by atoms with Crippen LogP contribution in [0.3, 0.4) is 0 Å². The molecule has 0 aliphatic carbocycles. The van der Waals surface area contributed by atoms with E-state index < -0.39 is 22.3 Å². The first kappa shape index (κ1) is 15.0. The molecule has 79 valence electrons. The van der Waals surface area contributed by atoms with Gasteiger partial charge in [-0.25, -0.2) is 0 Å². The van der Waals surface area contributed by atoms with E-state index in [2.05, 4.69) is 4.74 Å². The smallest absolute Gasteiger partial charge is 0.759 e. The van der Waals surface area contributed by atoms with Gasteiger partial charge in [0, 0.05) is 10.4 Å². The third-order valence-electron chi connectivity index (χ3n) is 0.761. The summed E-state index contributed by atoms with van der Waals surface area (Å²) in [5.74, 6) is -0.796. The molecule has 1 aliphatic rings. The molecule has 0 aromatic heterocycles. The summed E-state index contributed by atoms with van der Waals surface area (Å²) in [5.41, 5.74) is 0. The Bertz CT molecular complexity index is 259. The molecule has 0 N–H and O–H groups in total. The Labute approximate surface area is 84.5 Å². The second-order valence-electron chi connectivity index (χ2n) is 1.75. The van der Waals surface area contributed by atoms with Gasteiger partial charge in [-0.1, -0.05) is 0 Å². The van der Waals surface area contributed by atoms with Gasteiger partial charge in [0.05, 0.1) is 12.8 Å². The number of rotatable bonds is 0. The van der Waals surface area contributed by atoms with Gasteiger partial charge >= 0.3 is 29.0 Å². The summed E-state index contributed by atoms with van der Waals surface area (Å²) in [6.07, 6.45) is 0.525. The summed E-state index contributed by atoms with van der Waals surface area (Å²) in [6.45, 7) is 0. The summed E-state index contributed by atoms with van der Waals surface area (Å²) in [4.78, 5) is 20.0. The first-order chi connectivity index (χ1) is 5.29. The van der Waals surface area contributed by atoms with E-state index in [0.29, 0.717) is 0 Å². The predicted octanol–water partition coefficient (Wildman–Crippen LogP) is -1.49. The summed E-state index contributed by atoms with van der Waals surface area (Å²) in [7, 11) is -5.17. The molecular formula is C4H4CuO7S. The standard InChI is InChI=1S/C4H4O3.Cu.H2O4S/c5-3-1-2-4(6)7-3;;1-5(2,3)4/h1-2H2;;(H2,1,2,3,4)/q;+2;/p-2. The largest absolute Gasteiger partial charge is 2.00 e. The van der Waals surface area contributed by atoms with Crippen molar-refractivity contribution in [3.63, 3.8) is 0 Å². The van der Waals surface area contributed by atoms with Crippen LogP contribution in [-0.2, 0) is 41.8 Å².